The van der Waals surface area contributed by atoms with Crippen LogP contribution in [-0.4, -0.2) is 9.78 Å². The number of aryl methyl sites for hydroxylation is 2. The van der Waals surface area contributed by atoms with Crippen molar-refractivity contribution in [2.24, 2.45) is 7.05 Å². The van der Waals surface area contributed by atoms with E-state index in [2.05, 4.69) is 39.3 Å². The molecule has 0 aliphatic heterocycles. The van der Waals surface area contributed by atoms with Gasteiger partial charge in [-0.05, 0) is 34.5 Å². The van der Waals surface area contributed by atoms with E-state index in [9.17, 15) is 0 Å². The summed E-state index contributed by atoms with van der Waals surface area (Å²) in [5.41, 5.74) is 7.73. The standard InChI is InChI=1S/C11H15BrN4S/c1-3-8-10(13)11(16(2)15-8)14-6-7-4-5-9(12)17-7/h4-5,14H,3,6,13H2,1-2H3. The Morgan fingerprint density at radius 1 is 1.53 bits per heavy atom. The third-order valence-electron chi connectivity index (χ3n) is 2.55. The van der Waals surface area contributed by atoms with Gasteiger partial charge in [-0.3, -0.25) is 4.68 Å². The zero-order chi connectivity index (χ0) is 12.4. The van der Waals surface area contributed by atoms with Gasteiger partial charge in [0.05, 0.1) is 21.7 Å². The number of hydrogen-bond donors (Lipinski definition) is 2. The van der Waals surface area contributed by atoms with E-state index in [4.69, 9.17) is 5.73 Å². The number of nitrogens with zero attached hydrogens (tertiary/aromatic N) is 2. The summed E-state index contributed by atoms with van der Waals surface area (Å²) < 4.78 is 2.94. The number of hydrogen-bond acceptors (Lipinski definition) is 4. The van der Waals surface area contributed by atoms with Crippen molar-refractivity contribution in [3.8, 4) is 0 Å². The molecule has 4 nitrogen and oxygen atoms in total. The van der Waals surface area contributed by atoms with Gasteiger partial charge in [0, 0.05) is 11.9 Å². The van der Waals surface area contributed by atoms with Crippen LogP contribution >= 0.6 is 27.3 Å². The number of halogens is 1. The molecule has 0 radical (unpaired) electrons. The molecule has 0 saturated heterocycles. The monoisotopic (exact) mass is 314 g/mol. The minimum Gasteiger partial charge on any atom is -0.394 e. The van der Waals surface area contributed by atoms with E-state index in [1.165, 1.54) is 4.88 Å². The second-order valence-electron chi connectivity index (χ2n) is 3.75. The Hall–Kier alpha value is -1.01. The fourth-order valence-electron chi connectivity index (χ4n) is 1.68. The maximum atomic E-state index is 6.03. The molecule has 3 N–H and O–H groups in total. The van der Waals surface area contributed by atoms with Crippen molar-refractivity contribution in [2.45, 2.75) is 19.9 Å². The molecule has 6 heteroatoms. The highest BCUT2D eigenvalue weighted by Crippen LogP contribution is 2.26. The zero-order valence-electron chi connectivity index (χ0n) is 9.83. The highest BCUT2D eigenvalue weighted by Gasteiger charge is 2.11. The van der Waals surface area contributed by atoms with Crippen molar-refractivity contribution in [2.75, 3.05) is 11.1 Å². The lowest BCUT2D eigenvalue weighted by Crippen LogP contribution is -2.05. The van der Waals surface area contributed by atoms with E-state index in [0.717, 1.165) is 34.0 Å². The minimum absolute atomic E-state index is 0.755. The first kappa shape index (κ1) is 12.4. The molecule has 17 heavy (non-hydrogen) atoms. The molecule has 0 fully saturated rings. The number of anilines is 2. The third kappa shape index (κ3) is 2.63. The zero-order valence-corrected chi connectivity index (χ0v) is 12.2. The maximum absolute atomic E-state index is 6.03. The van der Waals surface area contributed by atoms with Crippen LogP contribution in [0.15, 0.2) is 15.9 Å². The van der Waals surface area contributed by atoms with Gasteiger partial charge in [-0.1, -0.05) is 6.92 Å². The molecule has 2 aromatic heterocycles. The normalized spacial score (nSPS) is 10.8. The van der Waals surface area contributed by atoms with Crippen LogP contribution in [0.2, 0.25) is 0 Å². The molecule has 2 aromatic rings. The molecule has 92 valence electrons. The molecule has 0 aliphatic carbocycles. The van der Waals surface area contributed by atoms with Crippen molar-refractivity contribution >= 4 is 38.8 Å². The molecule has 0 aromatic carbocycles. The second-order valence-corrected chi connectivity index (χ2v) is 6.29. The van der Waals surface area contributed by atoms with Crippen molar-refractivity contribution in [1.29, 1.82) is 0 Å². The number of nitrogens with one attached hydrogen (secondary N) is 1. The van der Waals surface area contributed by atoms with Crippen molar-refractivity contribution in [3.05, 3.63) is 26.5 Å². The minimum atomic E-state index is 0.755. The van der Waals surface area contributed by atoms with Crippen LogP contribution in [0.25, 0.3) is 0 Å². The second kappa shape index (κ2) is 5.10. The number of nitrogens with two attached hydrogens (primary N) is 1. The average Bonchev–Trinajstić information content (AvgIpc) is 2.82. The van der Waals surface area contributed by atoms with Gasteiger partial charge in [0.25, 0.3) is 0 Å². The SMILES string of the molecule is CCc1nn(C)c(NCc2ccc(Br)s2)c1N. The van der Waals surface area contributed by atoms with Crippen LogP contribution in [0.1, 0.15) is 17.5 Å². The first-order valence-corrected chi connectivity index (χ1v) is 7.02. The fraction of sp³-hybridized carbons (Fsp3) is 0.364. The van der Waals surface area contributed by atoms with Gasteiger partial charge in [0.15, 0.2) is 0 Å². The van der Waals surface area contributed by atoms with Crippen LogP contribution < -0.4 is 11.1 Å². The molecule has 0 amide bonds. The van der Waals surface area contributed by atoms with E-state index < -0.39 is 0 Å². The molecule has 0 unspecified atom stereocenters. The smallest absolute Gasteiger partial charge is 0.148 e. The fourth-order valence-corrected chi connectivity index (χ4v) is 3.11. The van der Waals surface area contributed by atoms with Crippen LogP contribution in [0.5, 0.6) is 0 Å². The first-order valence-electron chi connectivity index (χ1n) is 5.41. The summed E-state index contributed by atoms with van der Waals surface area (Å²) in [4.78, 5) is 1.26. The Labute approximate surface area is 113 Å². The molecule has 2 heterocycles. The van der Waals surface area contributed by atoms with Gasteiger partial charge in [-0.2, -0.15) is 5.10 Å². The summed E-state index contributed by atoms with van der Waals surface area (Å²) in [5.74, 6) is 0.895. The maximum Gasteiger partial charge on any atom is 0.148 e. The lowest BCUT2D eigenvalue weighted by atomic mass is 10.3. The summed E-state index contributed by atoms with van der Waals surface area (Å²) in [7, 11) is 1.90. The summed E-state index contributed by atoms with van der Waals surface area (Å²) in [6.07, 6.45) is 0.853. The van der Waals surface area contributed by atoms with Gasteiger partial charge in [-0.25, -0.2) is 0 Å². The van der Waals surface area contributed by atoms with Gasteiger partial charge in [0.2, 0.25) is 0 Å². The molecule has 2 rings (SSSR count). The van der Waals surface area contributed by atoms with Crippen molar-refractivity contribution in [3.63, 3.8) is 0 Å². The lowest BCUT2D eigenvalue weighted by molar-refractivity contribution is 0.748. The Morgan fingerprint density at radius 3 is 2.82 bits per heavy atom. The topological polar surface area (TPSA) is 55.9 Å². The average molecular weight is 315 g/mol. The van der Waals surface area contributed by atoms with Gasteiger partial charge < -0.3 is 11.1 Å². The van der Waals surface area contributed by atoms with E-state index in [-0.39, 0.29) is 0 Å². The van der Waals surface area contributed by atoms with E-state index in [1.54, 1.807) is 16.0 Å². The molecule has 0 atom stereocenters. The van der Waals surface area contributed by atoms with E-state index >= 15 is 0 Å². The predicted octanol–water partition coefficient (Wildman–Crippen LogP) is 3.00. The molecule has 0 bridgehead atoms. The van der Waals surface area contributed by atoms with Crippen molar-refractivity contribution in [1.82, 2.24) is 9.78 Å². The van der Waals surface area contributed by atoms with Gasteiger partial charge in [-0.15, -0.1) is 11.3 Å². The third-order valence-corrected chi connectivity index (χ3v) is 4.18. The molecular weight excluding hydrogens is 300 g/mol. The summed E-state index contributed by atoms with van der Waals surface area (Å²) in [5, 5.41) is 7.70. The number of thiophene rings is 1. The number of nitrogen functional groups attached to an aromatic ring is 1. The Kier molecular flexibility index (Phi) is 3.73. The van der Waals surface area contributed by atoms with Crippen LogP contribution in [0.4, 0.5) is 11.5 Å². The Bertz CT molecular complexity index is 518. The summed E-state index contributed by atoms with van der Waals surface area (Å²) >= 11 is 5.17. The summed E-state index contributed by atoms with van der Waals surface area (Å²) in [6, 6.07) is 4.14. The molecule has 0 aliphatic rings. The largest absolute Gasteiger partial charge is 0.394 e. The van der Waals surface area contributed by atoms with Crippen LogP contribution in [0, 0.1) is 0 Å². The molecule has 0 saturated carbocycles. The van der Waals surface area contributed by atoms with Gasteiger partial charge in [0.1, 0.15) is 5.82 Å². The van der Waals surface area contributed by atoms with Crippen LogP contribution in [0.3, 0.4) is 0 Å². The lowest BCUT2D eigenvalue weighted by Gasteiger charge is -2.05. The highest BCUT2D eigenvalue weighted by atomic mass is 79.9. The molecule has 0 spiro atoms. The van der Waals surface area contributed by atoms with Crippen LogP contribution in [-0.2, 0) is 20.0 Å². The van der Waals surface area contributed by atoms with Crippen molar-refractivity contribution < 1.29 is 0 Å². The first-order chi connectivity index (χ1) is 8.11. The molecular formula is C11H15BrN4S. The number of aromatic nitrogens is 2. The van der Waals surface area contributed by atoms with E-state index in [0.29, 0.717) is 0 Å². The predicted molar refractivity (Wildman–Crippen MR) is 76.3 cm³/mol. The van der Waals surface area contributed by atoms with Gasteiger partial charge >= 0.3 is 0 Å². The quantitative estimate of drug-likeness (QED) is 0.912. The Morgan fingerprint density at radius 2 is 2.29 bits per heavy atom. The Balaban J connectivity index is 2.11. The number of rotatable bonds is 4. The highest BCUT2D eigenvalue weighted by molar-refractivity contribution is 9.11. The summed E-state index contributed by atoms with van der Waals surface area (Å²) in [6.45, 7) is 2.82. The van der Waals surface area contributed by atoms with E-state index in [1.807, 2.05) is 13.1 Å².